The summed E-state index contributed by atoms with van der Waals surface area (Å²) in [7, 11) is 2.10. The van der Waals surface area contributed by atoms with E-state index in [1.165, 1.54) is 5.56 Å². The molecule has 1 fully saturated rings. The minimum atomic E-state index is 0.0839. The van der Waals surface area contributed by atoms with Crippen LogP contribution in [0, 0.1) is 0 Å². The number of nitrogens with zero attached hydrogens (tertiary/aromatic N) is 2. The molecule has 4 heteroatoms. The lowest BCUT2D eigenvalue weighted by Crippen LogP contribution is -2.50. The molecule has 2 rings (SSSR count). The van der Waals surface area contributed by atoms with Crippen LogP contribution < -0.4 is 0 Å². The van der Waals surface area contributed by atoms with Gasteiger partial charge in [-0.15, -0.1) is 0 Å². The molecule has 1 atom stereocenters. The highest BCUT2D eigenvalue weighted by Crippen LogP contribution is 2.24. The molecule has 0 aliphatic carbocycles. The maximum absolute atomic E-state index is 12.4. The van der Waals surface area contributed by atoms with Crippen LogP contribution in [-0.4, -0.2) is 55.1 Å². The molecule has 0 N–H and O–H groups in total. The number of likely N-dealkylation sites (N-methyl/N-ethyl adjacent to an activating group) is 1. The van der Waals surface area contributed by atoms with E-state index in [2.05, 4.69) is 24.1 Å². The fraction of sp³-hybridized carbons (Fsp3) is 0.562. The lowest BCUT2D eigenvalue weighted by molar-refractivity contribution is -0.142. The lowest BCUT2D eigenvalue weighted by Gasteiger charge is -2.40. The Hall–Kier alpha value is -1.39. The third-order valence-corrected chi connectivity index (χ3v) is 3.63. The highest BCUT2D eigenvalue weighted by Gasteiger charge is 2.30. The standard InChI is InChI=1S/C16H24N2O2/c1-13(2)20-12-16(19)18-10-9-17(3)11-15(18)14-7-5-4-6-8-14/h4-8,13,15H,9-12H2,1-3H3. The highest BCUT2D eigenvalue weighted by molar-refractivity contribution is 5.78. The van der Waals surface area contributed by atoms with E-state index in [0.29, 0.717) is 0 Å². The first-order valence-corrected chi connectivity index (χ1v) is 7.22. The molecule has 1 aliphatic heterocycles. The Balaban J connectivity index is 2.10. The monoisotopic (exact) mass is 276 g/mol. The maximum atomic E-state index is 12.4. The van der Waals surface area contributed by atoms with Crippen LogP contribution in [0.25, 0.3) is 0 Å². The number of hydrogen-bond donors (Lipinski definition) is 0. The zero-order valence-electron chi connectivity index (χ0n) is 12.6. The van der Waals surface area contributed by atoms with Crippen molar-refractivity contribution in [2.24, 2.45) is 0 Å². The zero-order valence-corrected chi connectivity index (χ0v) is 12.6. The summed E-state index contributed by atoms with van der Waals surface area (Å²) in [4.78, 5) is 16.6. The summed E-state index contributed by atoms with van der Waals surface area (Å²) in [6, 6.07) is 10.4. The second-order valence-corrected chi connectivity index (χ2v) is 5.64. The van der Waals surface area contributed by atoms with Gasteiger partial charge in [0.05, 0.1) is 12.1 Å². The van der Waals surface area contributed by atoms with Crippen molar-refractivity contribution in [1.29, 1.82) is 0 Å². The van der Waals surface area contributed by atoms with E-state index in [0.717, 1.165) is 19.6 Å². The maximum Gasteiger partial charge on any atom is 0.249 e. The molecule has 110 valence electrons. The van der Waals surface area contributed by atoms with Gasteiger partial charge in [-0.05, 0) is 26.5 Å². The van der Waals surface area contributed by atoms with Crippen LogP contribution in [0.15, 0.2) is 30.3 Å². The molecule has 1 heterocycles. The van der Waals surface area contributed by atoms with E-state index in [1.54, 1.807) is 0 Å². The van der Waals surface area contributed by atoms with Crippen molar-refractivity contribution < 1.29 is 9.53 Å². The molecule has 0 aromatic heterocycles. The summed E-state index contributed by atoms with van der Waals surface area (Å²) < 4.78 is 5.46. The van der Waals surface area contributed by atoms with Crippen LogP contribution in [0.3, 0.4) is 0 Å². The van der Waals surface area contributed by atoms with Crippen LogP contribution in [0.2, 0.25) is 0 Å². The molecule has 1 aromatic carbocycles. The highest BCUT2D eigenvalue weighted by atomic mass is 16.5. The van der Waals surface area contributed by atoms with Crippen LogP contribution in [0.5, 0.6) is 0 Å². The number of piperazine rings is 1. The number of rotatable bonds is 4. The van der Waals surface area contributed by atoms with E-state index in [9.17, 15) is 4.79 Å². The Labute approximate surface area is 121 Å². The first kappa shape index (κ1) is 15.0. The van der Waals surface area contributed by atoms with Gasteiger partial charge >= 0.3 is 0 Å². The molecular weight excluding hydrogens is 252 g/mol. The molecule has 0 bridgehead atoms. The Morgan fingerprint density at radius 2 is 2.00 bits per heavy atom. The smallest absolute Gasteiger partial charge is 0.249 e. The minimum absolute atomic E-state index is 0.0839. The van der Waals surface area contributed by atoms with Gasteiger partial charge in [-0.3, -0.25) is 4.79 Å². The Morgan fingerprint density at radius 3 is 2.65 bits per heavy atom. The van der Waals surface area contributed by atoms with Crippen LogP contribution >= 0.6 is 0 Å². The molecule has 1 aliphatic rings. The van der Waals surface area contributed by atoms with Gasteiger partial charge in [-0.2, -0.15) is 0 Å². The van der Waals surface area contributed by atoms with Crippen molar-refractivity contribution in [2.45, 2.75) is 26.0 Å². The first-order chi connectivity index (χ1) is 9.58. The molecule has 1 unspecified atom stereocenters. The van der Waals surface area contributed by atoms with Crippen molar-refractivity contribution in [3.63, 3.8) is 0 Å². The number of amides is 1. The topological polar surface area (TPSA) is 32.8 Å². The van der Waals surface area contributed by atoms with Crippen molar-refractivity contribution in [3.8, 4) is 0 Å². The van der Waals surface area contributed by atoms with E-state index in [4.69, 9.17) is 4.74 Å². The summed E-state index contributed by atoms with van der Waals surface area (Å²) in [5.74, 6) is 0.0839. The second-order valence-electron chi connectivity index (χ2n) is 5.64. The van der Waals surface area contributed by atoms with Gasteiger partial charge in [-0.1, -0.05) is 30.3 Å². The largest absolute Gasteiger partial charge is 0.369 e. The number of benzene rings is 1. The molecule has 4 nitrogen and oxygen atoms in total. The summed E-state index contributed by atoms with van der Waals surface area (Å²) in [5.41, 5.74) is 1.19. The normalized spacial score (nSPS) is 20.4. The van der Waals surface area contributed by atoms with Crippen LogP contribution in [0.1, 0.15) is 25.5 Å². The van der Waals surface area contributed by atoms with Crippen LogP contribution in [0.4, 0.5) is 0 Å². The third-order valence-electron chi connectivity index (χ3n) is 3.63. The SMILES string of the molecule is CC(C)OCC(=O)N1CCN(C)CC1c1ccccc1. The third kappa shape index (κ3) is 3.81. The van der Waals surface area contributed by atoms with Gasteiger partial charge in [0.1, 0.15) is 6.61 Å². The van der Waals surface area contributed by atoms with Gasteiger partial charge in [0.2, 0.25) is 5.91 Å². The fourth-order valence-corrected chi connectivity index (χ4v) is 2.50. The van der Waals surface area contributed by atoms with Crippen LogP contribution in [-0.2, 0) is 9.53 Å². The van der Waals surface area contributed by atoms with Gasteiger partial charge in [0, 0.05) is 19.6 Å². The van der Waals surface area contributed by atoms with E-state index in [-0.39, 0.29) is 24.7 Å². The molecule has 0 spiro atoms. The minimum Gasteiger partial charge on any atom is -0.369 e. The molecule has 0 radical (unpaired) electrons. The molecular formula is C16H24N2O2. The molecule has 1 aromatic rings. The quantitative estimate of drug-likeness (QED) is 0.842. The van der Waals surface area contributed by atoms with Crippen molar-refractivity contribution in [2.75, 3.05) is 33.3 Å². The molecule has 1 saturated heterocycles. The predicted octanol–water partition coefficient (Wildman–Crippen LogP) is 1.93. The van der Waals surface area contributed by atoms with E-state index >= 15 is 0 Å². The van der Waals surface area contributed by atoms with E-state index < -0.39 is 0 Å². The lowest BCUT2D eigenvalue weighted by atomic mass is 10.0. The van der Waals surface area contributed by atoms with Gasteiger partial charge in [-0.25, -0.2) is 0 Å². The van der Waals surface area contributed by atoms with Gasteiger partial charge < -0.3 is 14.5 Å². The van der Waals surface area contributed by atoms with Crippen molar-refractivity contribution in [1.82, 2.24) is 9.80 Å². The first-order valence-electron chi connectivity index (χ1n) is 7.22. The average molecular weight is 276 g/mol. The molecule has 0 saturated carbocycles. The van der Waals surface area contributed by atoms with Gasteiger partial charge in [0.25, 0.3) is 0 Å². The predicted molar refractivity (Wildman–Crippen MR) is 79.5 cm³/mol. The fourth-order valence-electron chi connectivity index (χ4n) is 2.50. The average Bonchev–Trinajstić information content (AvgIpc) is 2.45. The summed E-state index contributed by atoms with van der Waals surface area (Å²) >= 11 is 0. The van der Waals surface area contributed by atoms with Gasteiger partial charge in [0.15, 0.2) is 0 Å². The summed E-state index contributed by atoms with van der Waals surface area (Å²) in [6.45, 7) is 6.62. The summed E-state index contributed by atoms with van der Waals surface area (Å²) in [6.07, 6.45) is 0.0848. The van der Waals surface area contributed by atoms with E-state index in [1.807, 2.05) is 36.9 Å². The van der Waals surface area contributed by atoms with Crippen molar-refractivity contribution >= 4 is 5.91 Å². The second kappa shape index (κ2) is 6.86. The number of ether oxygens (including phenoxy) is 1. The number of hydrogen-bond acceptors (Lipinski definition) is 3. The number of carbonyl (C=O) groups excluding carboxylic acids is 1. The van der Waals surface area contributed by atoms with Crippen molar-refractivity contribution in [3.05, 3.63) is 35.9 Å². The zero-order chi connectivity index (χ0) is 14.5. The molecule has 1 amide bonds. The Kier molecular flexibility index (Phi) is 5.15. The number of carbonyl (C=O) groups is 1. The molecule has 20 heavy (non-hydrogen) atoms. The Bertz CT molecular complexity index is 433. The summed E-state index contributed by atoms with van der Waals surface area (Å²) in [5, 5.41) is 0. The Morgan fingerprint density at radius 1 is 1.30 bits per heavy atom.